The number of likely N-dealkylation sites (tertiary alicyclic amines) is 1. The summed E-state index contributed by atoms with van der Waals surface area (Å²) in [6.45, 7) is 7.74. The van der Waals surface area contributed by atoms with Crippen LogP contribution in [-0.2, 0) is 20.9 Å². The van der Waals surface area contributed by atoms with Gasteiger partial charge in [0.15, 0.2) is 0 Å². The molecule has 2 aliphatic rings. The monoisotopic (exact) mass is 501 g/mol. The second-order valence-corrected chi connectivity index (χ2v) is 11.4. The zero-order chi connectivity index (χ0) is 26.1. The Morgan fingerprint density at radius 1 is 1.19 bits per heavy atom. The Hall–Kier alpha value is -2.52. The van der Waals surface area contributed by atoms with Crippen LogP contribution >= 0.6 is 0 Å². The molecule has 1 saturated carbocycles. The van der Waals surface area contributed by atoms with E-state index in [0.717, 1.165) is 44.2 Å². The van der Waals surface area contributed by atoms with E-state index >= 15 is 0 Å². The summed E-state index contributed by atoms with van der Waals surface area (Å²) in [5, 5.41) is 16.9. The van der Waals surface area contributed by atoms with E-state index in [2.05, 4.69) is 15.6 Å². The Kier molecular flexibility index (Phi) is 10.2. The second-order valence-electron chi connectivity index (χ2n) is 11.4. The quantitative estimate of drug-likeness (QED) is 0.244. The molecule has 3 amide bonds. The van der Waals surface area contributed by atoms with Gasteiger partial charge in [-0.2, -0.15) is 0 Å². The lowest BCUT2D eigenvalue weighted by Crippen LogP contribution is -2.58. The van der Waals surface area contributed by atoms with E-state index in [1.165, 1.54) is 0 Å². The summed E-state index contributed by atoms with van der Waals surface area (Å²) in [5.41, 5.74) is 0.511. The molecule has 3 rings (SSSR count). The third-order valence-electron chi connectivity index (χ3n) is 7.50. The molecule has 1 unspecified atom stereocenters. The number of nitrogens with one attached hydrogen (secondary N) is 2. The molecule has 2 atom stereocenters. The lowest BCUT2D eigenvalue weighted by atomic mass is 9.84. The van der Waals surface area contributed by atoms with Crippen molar-refractivity contribution < 1.29 is 19.6 Å². The van der Waals surface area contributed by atoms with Gasteiger partial charge in [-0.05, 0) is 42.7 Å². The summed E-state index contributed by atoms with van der Waals surface area (Å²) in [7, 11) is 0. The molecule has 0 bridgehead atoms. The summed E-state index contributed by atoms with van der Waals surface area (Å²) in [5.74, 6) is -0.498. The topological polar surface area (TPSA) is 115 Å². The number of piperidine rings is 1. The number of pyridine rings is 1. The smallest absolute Gasteiger partial charge is 0.245 e. The highest BCUT2D eigenvalue weighted by Crippen LogP contribution is 2.31. The van der Waals surface area contributed by atoms with Gasteiger partial charge < -0.3 is 15.5 Å². The molecular formula is C27H43N5O4. The molecular weight excluding hydrogens is 458 g/mol. The van der Waals surface area contributed by atoms with E-state index < -0.39 is 17.4 Å². The standard InChI is InChI=1S/C27H43N5O4/c1-27(2,3)24(30-25(34)21(18-32(36)19-33)16-20-8-4-5-9-20)26(35)31-14-11-22(12-15-31)29-17-23-10-6-7-13-28-23/h6-7,10,13,19-22,24,29,36H,4-5,8-9,11-12,14-18H2,1-3H3,(H,30,34)/t21?,24-/m1/s1. The molecule has 2 heterocycles. The maximum atomic E-state index is 13.6. The van der Waals surface area contributed by atoms with Gasteiger partial charge >= 0.3 is 0 Å². The third kappa shape index (κ3) is 8.27. The minimum atomic E-state index is -0.683. The molecule has 9 heteroatoms. The number of nitrogens with zero attached hydrogens (tertiary/aromatic N) is 3. The van der Waals surface area contributed by atoms with Crippen LogP contribution in [0.3, 0.4) is 0 Å². The Bertz CT molecular complexity index is 845. The fraction of sp³-hybridized carbons (Fsp3) is 0.704. The summed E-state index contributed by atoms with van der Waals surface area (Å²) >= 11 is 0. The first kappa shape index (κ1) is 28.1. The minimum absolute atomic E-state index is 0.0653. The van der Waals surface area contributed by atoms with Crippen LogP contribution in [0.15, 0.2) is 24.4 Å². The Morgan fingerprint density at radius 3 is 2.47 bits per heavy atom. The first-order valence-electron chi connectivity index (χ1n) is 13.3. The van der Waals surface area contributed by atoms with Crippen LogP contribution in [0.25, 0.3) is 0 Å². The molecule has 200 valence electrons. The van der Waals surface area contributed by atoms with E-state index in [9.17, 15) is 19.6 Å². The van der Waals surface area contributed by atoms with Crippen LogP contribution < -0.4 is 10.6 Å². The van der Waals surface area contributed by atoms with Gasteiger partial charge in [0.05, 0.1) is 18.2 Å². The van der Waals surface area contributed by atoms with Crippen LogP contribution in [0.2, 0.25) is 0 Å². The highest BCUT2D eigenvalue weighted by Gasteiger charge is 2.38. The normalized spacial score (nSPS) is 19.1. The predicted octanol–water partition coefficient (Wildman–Crippen LogP) is 2.74. The van der Waals surface area contributed by atoms with Crippen molar-refractivity contribution in [2.45, 2.75) is 84.3 Å². The largest absolute Gasteiger partial charge is 0.344 e. The number of hydrogen-bond donors (Lipinski definition) is 3. The highest BCUT2D eigenvalue weighted by atomic mass is 16.5. The summed E-state index contributed by atoms with van der Waals surface area (Å²) < 4.78 is 0. The molecule has 1 saturated heterocycles. The summed E-state index contributed by atoms with van der Waals surface area (Å²) in [4.78, 5) is 44.1. The molecule has 0 radical (unpaired) electrons. The van der Waals surface area contributed by atoms with Gasteiger partial charge in [0, 0.05) is 31.9 Å². The number of hydroxylamine groups is 2. The number of carbonyl (C=O) groups excluding carboxylic acids is 3. The van der Waals surface area contributed by atoms with Crippen molar-refractivity contribution >= 4 is 18.2 Å². The van der Waals surface area contributed by atoms with Gasteiger partial charge in [0.1, 0.15) is 6.04 Å². The molecule has 1 aliphatic carbocycles. The van der Waals surface area contributed by atoms with Crippen molar-refractivity contribution in [3.8, 4) is 0 Å². The zero-order valence-corrected chi connectivity index (χ0v) is 22.0. The maximum Gasteiger partial charge on any atom is 0.245 e. The van der Waals surface area contributed by atoms with Gasteiger partial charge in [0.2, 0.25) is 18.2 Å². The van der Waals surface area contributed by atoms with Crippen molar-refractivity contribution in [1.82, 2.24) is 25.6 Å². The van der Waals surface area contributed by atoms with Crippen LogP contribution in [0.1, 0.15) is 71.4 Å². The molecule has 0 spiro atoms. The van der Waals surface area contributed by atoms with Crippen molar-refractivity contribution in [3.05, 3.63) is 30.1 Å². The fourth-order valence-electron chi connectivity index (χ4n) is 5.33. The van der Waals surface area contributed by atoms with Gasteiger partial charge in [-0.25, -0.2) is 5.06 Å². The zero-order valence-electron chi connectivity index (χ0n) is 22.0. The van der Waals surface area contributed by atoms with E-state index in [1.54, 1.807) is 6.20 Å². The first-order chi connectivity index (χ1) is 17.2. The third-order valence-corrected chi connectivity index (χ3v) is 7.50. The molecule has 1 aliphatic heterocycles. The van der Waals surface area contributed by atoms with Crippen molar-refractivity contribution in [1.29, 1.82) is 0 Å². The van der Waals surface area contributed by atoms with Gasteiger partial charge in [-0.3, -0.25) is 24.6 Å². The van der Waals surface area contributed by atoms with E-state index in [0.29, 0.717) is 49.5 Å². The highest BCUT2D eigenvalue weighted by molar-refractivity contribution is 5.89. The SMILES string of the molecule is CC(C)(C)[C@H](NC(=O)C(CC1CCCC1)CN(O)C=O)C(=O)N1CCC(NCc2ccccn2)CC1. The Balaban J connectivity index is 1.58. The lowest BCUT2D eigenvalue weighted by molar-refractivity contribution is -0.156. The van der Waals surface area contributed by atoms with Crippen LogP contribution in [0.5, 0.6) is 0 Å². The molecule has 3 N–H and O–H groups in total. The van der Waals surface area contributed by atoms with Gasteiger partial charge in [-0.1, -0.05) is 52.5 Å². The van der Waals surface area contributed by atoms with E-state index in [4.69, 9.17) is 0 Å². The molecule has 2 fully saturated rings. The van der Waals surface area contributed by atoms with Crippen molar-refractivity contribution in [2.24, 2.45) is 17.3 Å². The van der Waals surface area contributed by atoms with Gasteiger partial charge in [0.25, 0.3) is 0 Å². The Labute approximate surface area is 215 Å². The molecule has 36 heavy (non-hydrogen) atoms. The molecule has 1 aromatic heterocycles. The lowest BCUT2D eigenvalue weighted by Gasteiger charge is -2.39. The average molecular weight is 502 g/mol. The number of rotatable bonds is 11. The number of aromatic nitrogens is 1. The second kappa shape index (κ2) is 13.1. The molecule has 9 nitrogen and oxygen atoms in total. The van der Waals surface area contributed by atoms with Crippen LogP contribution in [0, 0.1) is 17.3 Å². The summed E-state index contributed by atoms with van der Waals surface area (Å²) in [6, 6.07) is 5.50. The first-order valence-corrected chi connectivity index (χ1v) is 13.3. The average Bonchev–Trinajstić information content (AvgIpc) is 3.38. The van der Waals surface area contributed by atoms with E-state index in [-0.39, 0.29) is 18.4 Å². The van der Waals surface area contributed by atoms with Crippen LogP contribution in [0.4, 0.5) is 0 Å². The van der Waals surface area contributed by atoms with Crippen molar-refractivity contribution in [2.75, 3.05) is 19.6 Å². The van der Waals surface area contributed by atoms with Crippen LogP contribution in [-0.4, -0.2) is 70.1 Å². The maximum absolute atomic E-state index is 13.6. The minimum Gasteiger partial charge on any atom is -0.344 e. The number of hydrogen-bond acceptors (Lipinski definition) is 6. The van der Waals surface area contributed by atoms with E-state index in [1.807, 2.05) is 43.9 Å². The molecule has 0 aromatic carbocycles. The molecule has 1 aromatic rings. The number of carbonyl (C=O) groups is 3. The summed E-state index contributed by atoms with van der Waals surface area (Å²) in [6.07, 6.45) is 8.80. The Morgan fingerprint density at radius 2 is 1.89 bits per heavy atom. The van der Waals surface area contributed by atoms with Gasteiger partial charge in [-0.15, -0.1) is 0 Å². The fourth-order valence-corrected chi connectivity index (χ4v) is 5.33. The van der Waals surface area contributed by atoms with Crippen molar-refractivity contribution in [3.63, 3.8) is 0 Å². The number of amides is 3. The predicted molar refractivity (Wildman–Crippen MR) is 137 cm³/mol.